The molecule has 1 rings (SSSR count). The van der Waals surface area contributed by atoms with E-state index in [0.29, 0.717) is 6.42 Å². The minimum atomic E-state index is -0.886. The van der Waals surface area contributed by atoms with Crippen LogP contribution in [0.2, 0.25) is 0 Å². The number of rotatable bonds is 20. The van der Waals surface area contributed by atoms with Crippen LogP contribution in [0.4, 0.5) is 0 Å². The molecule has 0 aliphatic carbocycles. The fraction of sp³-hybridized carbons (Fsp3) is 0.680. The molecule has 3 N–H and O–H groups in total. The number of H-pyrrole nitrogens is 1. The van der Waals surface area contributed by atoms with Crippen LogP contribution in [0.15, 0.2) is 36.2 Å². The Hall–Kier alpha value is -1.53. The van der Waals surface area contributed by atoms with Gasteiger partial charge in [-0.1, -0.05) is 94.7 Å². The van der Waals surface area contributed by atoms with Crippen LogP contribution >= 0.6 is 11.8 Å². The van der Waals surface area contributed by atoms with Crippen LogP contribution in [0.25, 0.3) is 0 Å². The first kappa shape index (κ1) is 27.5. The van der Waals surface area contributed by atoms with Gasteiger partial charge in [0.25, 0.3) is 0 Å². The summed E-state index contributed by atoms with van der Waals surface area (Å²) >= 11 is 1.45. The van der Waals surface area contributed by atoms with Crippen LogP contribution in [-0.4, -0.2) is 37.5 Å². The number of carboxylic acids is 1. The van der Waals surface area contributed by atoms with Crippen molar-refractivity contribution in [3.05, 3.63) is 36.7 Å². The highest BCUT2D eigenvalue weighted by molar-refractivity contribution is 8.00. The van der Waals surface area contributed by atoms with Crippen LogP contribution in [0.5, 0.6) is 0 Å². The standard InChI is InChI=1S/C25H42N2O3S/c1-3-5-6-7-8-9-10-11-12-13-14-15-17-23(22(28)18-19-24(29)30)31-25-26-20-21(27-25)16-4-2/h4,15,17,20,22-23,28H,2-3,5-14,16,18-19H2,1H3,(H,26,27)(H,29,30)/b17-15-. The summed E-state index contributed by atoms with van der Waals surface area (Å²) in [6.45, 7) is 5.98. The van der Waals surface area contributed by atoms with Crippen molar-refractivity contribution in [2.75, 3.05) is 0 Å². The molecule has 31 heavy (non-hydrogen) atoms. The molecule has 2 unspecified atom stereocenters. The molecule has 2 atom stereocenters. The zero-order chi connectivity index (χ0) is 22.7. The van der Waals surface area contributed by atoms with E-state index in [4.69, 9.17) is 5.11 Å². The maximum absolute atomic E-state index is 10.9. The second-order valence-electron chi connectivity index (χ2n) is 8.19. The van der Waals surface area contributed by atoms with Crippen molar-refractivity contribution in [1.82, 2.24) is 9.97 Å². The van der Waals surface area contributed by atoms with Crippen LogP contribution in [-0.2, 0) is 11.2 Å². The molecular formula is C25H42N2O3S. The number of aromatic nitrogens is 2. The van der Waals surface area contributed by atoms with Crippen molar-refractivity contribution < 1.29 is 15.0 Å². The Labute approximate surface area is 192 Å². The molecular weight excluding hydrogens is 408 g/mol. The van der Waals surface area contributed by atoms with Gasteiger partial charge in [0, 0.05) is 24.7 Å². The number of aliphatic carboxylic acids is 1. The lowest BCUT2D eigenvalue weighted by atomic mass is 10.1. The average molecular weight is 451 g/mol. The molecule has 0 radical (unpaired) electrons. The Kier molecular flexibility index (Phi) is 16.0. The highest BCUT2D eigenvalue weighted by atomic mass is 32.2. The lowest BCUT2D eigenvalue weighted by molar-refractivity contribution is -0.137. The molecule has 1 aromatic heterocycles. The van der Waals surface area contributed by atoms with Crippen LogP contribution in [0.3, 0.4) is 0 Å². The maximum Gasteiger partial charge on any atom is 0.303 e. The SMILES string of the molecule is C=CCc1cnc(SC(/C=C\CCCCCCCCCCCC)C(O)CCC(=O)O)[nH]1. The van der Waals surface area contributed by atoms with E-state index in [0.717, 1.165) is 23.7 Å². The lowest BCUT2D eigenvalue weighted by Gasteiger charge is -2.17. The van der Waals surface area contributed by atoms with E-state index < -0.39 is 12.1 Å². The Morgan fingerprint density at radius 3 is 2.42 bits per heavy atom. The van der Waals surface area contributed by atoms with Gasteiger partial charge in [0.1, 0.15) is 0 Å². The Balaban J connectivity index is 2.35. The van der Waals surface area contributed by atoms with Crippen molar-refractivity contribution >= 4 is 17.7 Å². The van der Waals surface area contributed by atoms with E-state index in [9.17, 15) is 9.90 Å². The largest absolute Gasteiger partial charge is 0.481 e. The molecule has 6 heteroatoms. The summed E-state index contributed by atoms with van der Waals surface area (Å²) in [6.07, 6.45) is 22.1. The molecule has 5 nitrogen and oxygen atoms in total. The number of aliphatic hydroxyl groups is 1. The molecule has 176 valence electrons. The van der Waals surface area contributed by atoms with Crippen LogP contribution in [0.1, 0.15) is 96.1 Å². The Morgan fingerprint density at radius 1 is 1.16 bits per heavy atom. The third-order valence-corrected chi connectivity index (χ3v) is 6.47. The molecule has 0 spiro atoms. The molecule has 0 bridgehead atoms. The number of hydrogen-bond donors (Lipinski definition) is 3. The van der Waals surface area contributed by atoms with Crippen LogP contribution in [0, 0.1) is 0 Å². The molecule has 0 aliphatic rings. The van der Waals surface area contributed by atoms with Gasteiger partial charge in [0.2, 0.25) is 0 Å². The van der Waals surface area contributed by atoms with Gasteiger partial charge in [-0.25, -0.2) is 4.98 Å². The van der Waals surface area contributed by atoms with Gasteiger partial charge in [-0.15, -0.1) is 6.58 Å². The maximum atomic E-state index is 10.9. The van der Waals surface area contributed by atoms with E-state index in [1.165, 1.54) is 69.5 Å². The number of carboxylic acid groups (broad SMARTS) is 1. The van der Waals surface area contributed by atoms with Crippen LogP contribution < -0.4 is 0 Å². The van der Waals surface area contributed by atoms with Crippen molar-refractivity contribution in [2.45, 2.75) is 113 Å². The summed E-state index contributed by atoms with van der Waals surface area (Å²) in [7, 11) is 0. The molecule has 0 amide bonds. The fourth-order valence-electron chi connectivity index (χ4n) is 3.45. The number of carbonyl (C=O) groups is 1. The Bertz CT molecular complexity index is 630. The summed E-state index contributed by atoms with van der Waals surface area (Å²) in [5.41, 5.74) is 0.977. The summed E-state index contributed by atoms with van der Waals surface area (Å²) in [5.74, 6) is -0.886. The van der Waals surface area contributed by atoms with Gasteiger partial charge in [0.15, 0.2) is 5.16 Å². The molecule has 0 fully saturated rings. The second-order valence-corrected chi connectivity index (χ2v) is 9.35. The average Bonchev–Trinajstić information content (AvgIpc) is 3.19. The molecule has 1 heterocycles. The van der Waals surface area contributed by atoms with Gasteiger partial charge in [0.05, 0.1) is 11.4 Å². The minimum Gasteiger partial charge on any atom is -0.481 e. The van der Waals surface area contributed by atoms with Gasteiger partial charge >= 0.3 is 5.97 Å². The van der Waals surface area contributed by atoms with E-state index in [1.807, 2.05) is 12.2 Å². The normalized spacial score (nSPS) is 13.5. The molecule has 0 aromatic carbocycles. The predicted octanol–water partition coefficient (Wildman–Crippen LogP) is 6.69. The molecule has 0 aliphatic heterocycles. The number of allylic oxidation sites excluding steroid dienone is 2. The lowest BCUT2D eigenvalue weighted by Crippen LogP contribution is -2.22. The number of nitrogens with zero attached hydrogens (tertiary/aromatic N) is 1. The number of thioether (sulfide) groups is 1. The quantitative estimate of drug-likeness (QED) is 0.117. The van der Waals surface area contributed by atoms with Crippen molar-refractivity contribution in [3.63, 3.8) is 0 Å². The van der Waals surface area contributed by atoms with Gasteiger partial charge in [-0.05, 0) is 19.3 Å². The zero-order valence-electron chi connectivity index (χ0n) is 19.2. The highest BCUT2D eigenvalue weighted by Gasteiger charge is 2.20. The molecule has 1 aromatic rings. The van der Waals surface area contributed by atoms with Crippen molar-refractivity contribution in [2.24, 2.45) is 0 Å². The summed E-state index contributed by atoms with van der Waals surface area (Å²) in [5, 5.41) is 20.0. The van der Waals surface area contributed by atoms with E-state index in [-0.39, 0.29) is 18.1 Å². The Morgan fingerprint density at radius 2 is 1.81 bits per heavy atom. The topological polar surface area (TPSA) is 86.2 Å². The summed E-state index contributed by atoms with van der Waals surface area (Å²) < 4.78 is 0. The highest BCUT2D eigenvalue weighted by Crippen LogP contribution is 2.26. The number of imidazole rings is 1. The van der Waals surface area contributed by atoms with Gasteiger partial charge in [-0.2, -0.15) is 0 Å². The van der Waals surface area contributed by atoms with E-state index in [1.54, 1.807) is 6.20 Å². The van der Waals surface area contributed by atoms with Gasteiger partial charge < -0.3 is 15.2 Å². The van der Waals surface area contributed by atoms with E-state index in [2.05, 4.69) is 29.5 Å². The smallest absolute Gasteiger partial charge is 0.303 e. The van der Waals surface area contributed by atoms with Crippen molar-refractivity contribution in [1.29, 1.82) is 0 Å². The number of nitrogens with one attached hydrogen (secondary N) is 1. The second kappa shape index (κ2) is 18.1. The summed E-state index contributed by atoms with van der Waals surface area (Å²) in [6, 6.07) is 0. The monoisotopic (exact) mass is 450 g/mol. The van der Waals surface area contributed by atoms with E-state index >= 15 is 0 Å². The number of aliphatic hydroxyl groups excluding tert-OH is 1. The van der Waals surface area contributed by atoms with Crippen molar-refractivity contribution in [3.8, 4) is 0 Å². The first-order chi connectivity index (χ1) is 15.1. The summed E-state index contributed by atoms with van der Waals surface area (Å²) in [4.78, 5) is 18.5. The molecule has 0 saturated heterocycles. The minimum absolute atomic E-state index is 0.0373. The first-order valence-electron chi connectivity index (χ1n) is 11.9. The fourth-order valence-corrected chi connectivity index (χ4v) is 4.49. The zero-order valence-corrected chi connectivity index (χ0v) is 20.0. The third-order valence-electron chi connectivity index (χ3n) is 5.30. The predicted molar refractivity (Wildman–Crippen MR) is 131 cm³/mol. The number of aromatic amines is 1. The number of hydrogen-bond acceptors (Lipinski definition) is 4. The first-order valence-corrected chi connectivity index (χ1v) is 12.8. The third kappa shape index (κ3) is 14.2. The molecule has 0 saturated carbocycles. The number of unbranched alkanes of at least 4 members (excludes halogenated alkanes) is 10. The van der Waals surface area contributed by atoms with Gasteiger partial charge in [-0.3, -0.25) is 4.79 Å².